The van der Waals surface area contributed by atoms with Gasteiger partial charge in [0.05, 0.1) is 12.7 Å². The predicted octanol–water partition coefficient (Wildman–Crippen LogP) is -0.307. The van der Waals surface area contributed by atoms with E-state index in [0.29, 0.717) is 0 Å². The third kappa shape index (κ3) is 5.16. The van der Waals surface area contributed by atoms with Crippen LogP contribution in [-0.4, -0.2) is 48.6 Å². The Balaban J connectivity index is 3.88. The average molecular weight is 205 g/mol. The Kier molecular flexibility index (Phi) is 6.44. The molecule has 0 radical (unpaired) electrons. The van der Waals surface area contributed by atoms with Gasteiger partial charge < -0.3 is 20.3 Å². The van der Waals surface area contributed by atoms with Gasteiger partial charge in [-0.15, -0.1) is 0 Å². The molecule has 0 bridgehead atoms. The van der Waals surface area contributed by atoms with Crippen molar-refractivity contribution in [2.45, 2.75) is 26.0 Å². The molecular formula is C9H19NO4. The van der Waals surface area contributed by atoms with E-state index >= 15 is 0 Å². The van der Waals surface area contributed by atoms with Crippen molar-refractivity contribution in [2.75, 3.05) is 20.3 Å². The Hall–Kier alpha value is -0.650. The van der Waals surface area contributed by atoms with Gasteiger partial charge in [-0.3, -0.25) is 4.79 Å². The van der Waals surface area contributed by atoms with Gasteiger partial charge in [0.1, 0.15) is 6.04 Å². The summed E-state index contributed by atoms with van der Waals surface area (Å²) in [5.74, 6) is -0.910. The molecule has 5 heteroatoms. The number of aliphatic carboxylic acids is 1. The van der Waals surface area contributed by atoms with Gasteiger partial charge >= 0.3 is 5.97 Å². The van der Waals surface area contributed by atoms with Crippen LogP contribution in [0.2, 0.25) is 0 Å². The summed E-state index contributed by atoms with van der Waals surface area (Å²) in [5, 5.41) is 20.9. The average Bonchev–Trinajstić information content (AvgIpc) is 2.03. The fourth-order valence-electron chi connectivity index (χ4n) is 1.12. The number of hydrogen-bond acceptors (Lipinski definition) is 4. The molecule has 0 heterocycles. The molecule has 2 atom stereocenters. The molecule has 84 valence electrons. The fraction of sp³-hybridized carbons (Fsp3) is 0.889. The lowest BCUT2D eigenvalue weighted by Crippen LogP contribution is -2.45. The van der Waals surface area contributed by atoms with Crippen LogP contribution in [0.4, 0.5) is 0 Å². The number of nitrogens with one attached hydrogen (secondary N) is 1. The lowest BCUT2D eigenvalue weighted by atomic mass is 10.0. The predicted molar refractivity (Wildman–Crippen MR) is 52.1 cm³/mol. The van der Waals surface area contributed by atoms with E-state index in [1.807, 2.05) is 13.8 Å². The van der Waals surface area contributed by atoms with Crippen LogP contribution in [-0.2, 0) is 9.53 Å². The molecule has 0 aliphatic rings. The van der Waals surface area contributed by atoms with Crippen LogP contribution in [0.15, 0.2) is 0 Å². The van der Waals surface area contributed by atoms with Crippen molar-refractivity contribution in [3.8, 4) is 0 Å². The first-order chi connectivity index (χ1) is 6.49. The van der Waals surface area contributed by atoms with Crippen LogP contribution in [0.3, 0.4) is 0 Å². The molecule has 0 fully saturated rings. The van der Waals surface area contributed by atoms with Gasteiger partial charge in [-0.25, -0.2) is 0 Å². The van der Waals surface area contributed by atoms with E-state index in [9.17, 15) is 9.90 Å². The number of rotatable bonds is 7. The van der Waals surface area contributed by atoms with Crippen LogP contribution >= 0.6 is 0 Å². The minimum atomic E-state index is -0.899. The summed E-state index contributed by atoms with van der Waals surface area (Å²) in [6.45, 7) is 4.06. The number of aliphatic hydroxyl groups is 1. The molecule has 0 rings (SSSR count). The molecule has 0 aromatic rings. The van der Waals surface area contributed by atoms with Gasteiger partial charge in [-0.05, 0) is 5.92 Å². The highest BCUT2D eigenvalue weighted by Crippen LogP contribution is 2.01. The highest BCUT2D eigenvalue weighted by Gasteiger charge is 2.21. The van der Waals surface area contributed by atoms with Crippen molar-refractivity contribution in [1.29, 1.82) is 0 Å². The molecular weight excluding hydrogens is 186 g/mol. The number of ether oxygens (including phenoxy) is 1. The summed E-state index contributed by atoms with van der Waals surface area (Å²) in [5.41, 5.74) is 0. The first-order valence-corrected chi connectivity index (χ1v) is 4.62. The molecule has 0 saturated heterocycles. The SMILES string of the molecule is COCC(O)CNC(C(=O)O)C(C)C. The molecule has 0 saturated carbocycles. The summed E-state index contributed by atoms with van der Waals surface area (Å²) in [4.78, 5) is 10.7. The Bertz CT molecular complexity index is 172. The molecule has 0 aromatic carbocycles. The lowest BCUT2D eigenvalue weighted by Gasteiger charge is -2.19. The first-order valence-electron chi connectivity index (χ1n) is 4.62. The number of hydrogen-bond donors (Lipinski definition) is 3. The molecule has 0 amide bonds. The third-order valence-electron chi connectivity index (χ3n) is 1.87. The maximum atomic E-state index is 10.7. The zero-order valence-electron chi connectivity index (χ0n) is 8.86. The number of methoxy groups -OCH3 is 1. The molecule has 14 heavy (non-hydrogen) atoms. The van der Waals surface area contributed by atoms with E-state index in [-0.39, 0.29) is 19.1 Å². The van der Waals surface area contributed by atoms with E-state index in [2.05, 4.69) is 5.32 Å². The normalized spacial score (nSPS) is 15.5. The van der Waals surface area contributed by atoms with Crippen molar-refractivity contribution >= 4 is 5.97 Å². The maximum Gasteiger partial charge on any atom is 0.320 e. The lowest BCUT2D eigenvalue weighted by molar-refractivity contribution is -0.140. The fourth-order valence-corrected chi connectivity index (χ4v) is 1.12. The maximum absolute atomic E-state index is 10.7. The van der Waals surface area contributed by atoms with E-state index in [1.54, 1.807) is 0 Å². The highest BCUT2D eigenvalue weighted by atomic mass is 16.5. The second-order valence-corrected chi connectivity index (χ2v) is 3.58. The molecule has 5 nitrogen and oxygen atoms in total. The molecule has 3 N–H and O–H groups in total. The van der Waals surface area contributed by atoms with E-state index < -0.39 is 18.1 Å². The second kappa shape index (κ2) is 6.75. The minimum absolute atomic E-state index is 0.0118. The molecule has 0 aromatic heterocycles. The Labute approximate surface area is 84.1 Å². The Morgan fingerprint density at radius 3 is 2.43 bits per heavy atom. The summed E-state index contributed by atoms with van der Waals surface area (Å²) in [7, 11) is 1.49. The van der Waals surface area contributed by atoms with Gasteiger partial charge in [0, 0.05) is 13.7 Å². The third-order valence-corrected chi connectivity index (χ3v) is 1.87. The van der Waals surface area contributed by atoms with Gasteiger partial charge in [0.2, 0.25) is 0 Å². The number of carboxylic acids is 1. The topological polar surface area (TPSA) is 78.8 Å². The van der Waals surface area contributed by atoms with Crippen LogP contribution in [0.25, 0.3) is 0 Å². The number of carboxylic acid groups (broad SMARTS) is 1. The quantitative estimate of drug-likeness (QED) is 0.531. The van der Waals surface area contributed by atoms with Crippen molar-refractivity contribution in [2.24, 2.45) is 5.92 Å². The summed E-state index contributed by atoms with van der Waals surface area (Å²) < 4.78 is 4.72. The standard InChI is InChI=1S/C9H19NO4/c1-6(2)8(9(12)13)10-4-7(11)5-14-3/h6-8,10-11H,4-5H2,1-3H3,(H,12,13). The zero-order valence-corrected chi connectivity index (χ0v) is 8.86. The number of aliphatic hydroxyl groups excluding tert-OH is 1. The number of carbonyl (C=O) groups is 1. The molecule has 0 aliphatic heterocycles. The summed E-state index contributed by atoms with van der Waals surface area (Å²) in [6, 6.07) is -0.624. The summed E-state index contributed by atoms with van der Waals surface area (Å²) in [6.07, 6.45) is -0.666. The van der Waals surface area contributed by atoms with Gasteiger partial charge in [0.15, 0.2) is 0 Å². The van der Waals surface area contributed by atoms with E-state index in [4.69, 9.17) is 9.84 Å². The molecule has 0 aliphatic carbocycles. The van der Waals surface area contributed by atoms with Crippen LogP contribution in [0.1, 0.15) is 13.8 Å². The van der Waals surface area contributed by atoms with Crippen LogP contribution < -0.4 is 5.32 Å². The van der Waals surface area contributed by atoms with Crippen molar-refractivity contribution < 1.29 is 19.7 Å². The van der Waals surface area contributed by atoms with Crippen molar-refractivity contribution in [3.05, 3.63) is 0 Å². The smallest absolute Gasteiger partial charge is 0.320 e. The monoisotopic (exact) mass is 205 g/mol. The van der Waals surface area contributed by atoms with Gasteiger partial charge in [-0.2, -0.15) is 0 Å². The first kappa shape index (κ1) is 13.4. The van der Waals surface area contributed by atoms with Gasteiger partial charge in [0.25, 0.3) is 0 Å². The largest absolute Gasteiger partial charge is 0.480 e. The van der Waals surface area contributed by atoms with Gasteiger partial charge in [-0.1, -0.05) is 13.8 Å². The van der Waals surface area contributed by atoms with Crippen LogP contribution in [0.5, 0.6) is 0 Å². The zero-order chi connectivity index (χ0) is 11.1. The molecule has 2 unspecified atom stereocenters. The van der Waals surface area contributed by atoms with Crippen LogP contribution in [0, 0.1) is 5.92 Å². The summed E-state index contributed by atoms with van der Waals surface area (Å²) >= 11 is 0. The Morgan fingerprint density at radius 2 is 2.07 bits per heavy atom. The Morgan fingerprint density at radius 1 is 1.50 bits per heavy atom. The highest BCUT2D eigenvalue weighted by molar-refractivity contribution is 5.73. The van der Waals surface area contributed by atoms with Crippen molar-refractivity contribution in [3.63, 3.8) is 0 Å². The second-order valence-electron chi connectivity index (χ2n) is 3.58. The van der Waals surface area contributed by atoms with Crippen molar-refractivity contribution in [1.82, 2.24) is 5.32 Å². The van der Waals surface area contributed by atoms with E-state index in [1.165, 1.54) is 7.11 Å². The minimum Gasteiger partial charge on any atom is -0.480 e. The van der Waals surface area contributed by atoms with E-state index in [0.717, 1.165) is 0 Å². The molecule has 0 spiro atoms.